The quantitative estimate of drug-likeness (QED) is 0.465. The Bertz CT molecular complexity index is 735. The predicted octanol–water partition coefficient (Wildman–Crippen LogP) is 1.94. The molecule has 1 aromatic rings. The lowest BCUT2D eigenvalue weighted by Gasteiger charge is -2.14. The third-order valence-electron chi connectivity index (χ3n) is 4.62. The molecule has 0 aromatic heterocycles. The number of amides is 2. The van der Waals surface area contributed by atoms with Crippen LogP contribution >= 0.6 is 0 Å². The van der Waals surface area contributed by atoms with Crippen LogP contribution in [0.3, 0.4) is 0 Å². The van der Waals surface area contributed by atoms with E-state index in [2.05, 4.69) is 0 Å². The zero-order valence-corrected chi connectivity index (χ0v) is 13.7. The number of ether oxygens (including phenoxy) is 1. The minimum Gasteiger partial charge on any atom is -0.461 e. The first-order chi connectivity index (χ1) is 12.1. The molecule has 0 radical (unpaired) electrons. The van der Waals surface area contributed by atoms with Crippen LogP contribution in [0.1, 0.15) is 30.4 Å². The second-order valence-electron chi connectivity index (χ2n) is 6.20. The van der Waals surface area contributed by atoms with Crippen molar-refractivity contribution in [2.75, 3.05) is 6.54 Å². The van der Waals surface area contributed by atoms with Crippen molar-refractivity contribution in [2.45, 2.75) is 25.9 Å². The Kier molecular flexibility index (Phi) is 4.94. The molecule has 3 rings (SSSR count). The highest BCUT2D eigenvalue weighted by Gasteiger charge is 2.46. The van der Waals surface area contributed by atoms with E-state index in [9.17, 15) is 14.4 Å². The maximum Gasteiger partial charge on any atom is 0.307 e. The van der Waals surface area contributed by atoms with E-state index >= 15 is 0 Å². The molecule has 1 saturated heterocycles. The molecule has 0 saturated carbocycles. The summed E-state index contributed by atoms with van der Waals surface area (Å²) in [5.74, 6) is -1.37. The number of fused-ring (bicyclic) bond motifs is 1. The summed E-state index contributed by atoms with van der Waals surface area (Å²) in [5, 5.41) is 8.74. The van der Waals surface area contributed by atoms with Crippen LogP contribution < -0.4 is 0 Å². The monoisotopic (exact) mass is 338 g/mol. The number of carbonyl (C=O) groups is 3. The van der Waals surface area contributed by atoms with Gasteiger partial charge >= 0.3 is 5.97 Å². The maximum absolute atomic E-state index is 12.3. The van der Waals surface area contributed by atoms with Gasteiger partial charge in [-0.2, -0.15) is 5.26 Å². The third-order valence-corrected chi connectivity index (χ3v) is 4.62. The normalized spacial score (nSPS) is 21.8. The Morgan fingerprint density at radius 3 is 2.28 bits per heavy atom. The zero-order chi connectivity index (χ0) is 17.8. The van der Waals surface area contributed by atoms with E-state index in [-0.39, 0.29) is 43.2 Å². The SMILES string of the molecule is N#Cc1ccc(COC(=O)CCN2C(=O)[C@H]3CC=CC[C@H]3C2=O)cc1. The van der Waals surface area contributed by atoms with Crippen LogP contribution in [0.2, 0.25) is 0 Å². The number of likely N-dealkylation sites (tertiary alicyclic amines) is 1. The Labute approximate surface area is 145 Å². The van der Waals surface area contributed by atoms with E-state index < -0.39 is 5.97 Å². The van der Waals surface area contributed by atoms with E-state index in [1.165, 1.54) is 4.90 Å². The Morgan fingerprint density at radius 2 is 1.72 bits per heavy atom. The van der Waals surface area contributed by atoms with Gasteiger partial charge in [-0.1, -0.05) is 24.3 Å². The van der Waals surface area contributed by atoms with E-state index in [0.29, 0.717) is 18.4 Å². The van der Waals surface area contributed by atoms with E-state index in [1.54, 1.807) is 24.3 Å². The van der Waals surface area contributed by atoms with Crippen LogP contribution in [0.4, 0.5) is 0 Å². The fourth-order valence-electron chi connectivity index (χ4n) is 3.20. The van der Waals surface area contributed by atoms with Gasteiger partial charge in [0, 0.05) is 6.54 Å². The molecule has 6 nitrogen and oxygen atoms in total. The molecule has 25 heavy (non-hydrogen) atoms. The van der Waals surface area contributed by atoms with Crippen LogP contribution in [-0.2, 0) is 25.7 Å². The molecule has 6 heteroatoms. The summed E-state index contributed by atoms with van der Waals surface area (Å²) in [4.78, 5) is 37.7. The number of rotatable bonds is 5. The van der Waals surface area contributed by atoms with Gasteiger partial charge in [-0.05, 0) is 30.5 Å². The zero-order valence-electron chi connectivity index (χ0n) is 13.7. The first kappa shape index (κ1) is 16.9. The van der Waals surface area contributed by atoms with Crippen LogP contribution in [0.15, 0.2) is 36.4 Å². The second-order valence-corrected chi connectivity index (χ2v) is 6.20. The van der Waals surface area contributed by atoms with Gasteiger partial charge in [-0.15, -0.1) is 0 Å². The summed E-state index contributed by atoms with van der Waals surface area (Å²) in [7, 11) is 0. The molecule has 2 atom stereocenters. The number of allylic oxidation sites excluding steroid dienone is 2. The van der Waals surface area contributed by atoms with Gasteiger partial charge in [0.15, 0.2) is 0 Å². The molecule has 1 aromatic carbocycles. The third kappa shape index (κ3) is 3.61. The van der Waals surface area contributed by atoms with Crippen LogP contribution in [0.5, 0.6) is 0 Å². The highest BCUT2D eigenvalue weighted by molar-refractivity contribution is 6.05. The average Bonchev–Trinajstić information content (AvgIpc) is 2.89. The smallest absolute Gasteiger partial charge is 0.307 e. The van der Waals surface area contributed by atoms with Crippen molar-refractivity contribution in [1.29, 1.82) is 5.26 Å². The number of esters is 1. The van der Waals surface area contributed by atoms with Crippen molar-refractivity contribution in [3.8, 4) is 6.07 Å². The number of hydrogen-bond acceptors (Lipinski definition) is 5. The molecular formula is C19H18N2O4. The van der Waals surface area contributed by atoms with Crippen molar-refractivity contribution in [1.82, 2.24) is 4.90 Å². The lowest BCUT2D eigenvalue weighted by molar-refractivity contribution is -0.146. The molecule has 1 heterocycles. The van der Waals surface area contributed by atoms with Crippen molar-refractivity contribution in [3.63, 3.8) is 0 Å². The number of nitriles is 1. The summed E-state index contributed by atoms with van der Waals surface area (Å²) < 4.78 is 5.17. The molecule has 1 aliphatic heterocycles. The van der Waals surface area contributed by atoms with E-state index in [4.69, 9.17) is 10.00 Å². The van der Waals surface area contributed by atoms with Gasteiger partial charge in [0.05, 0.1) is 29.9 Å². The number of hydrogen-bond donors (Lipinski definition) is 0. The van der Waals surface area contributed by atoms with Gasteiger partial charge in [0.1, 0.15) is 6.61 Å². The molecule has 2 aliphatic rings. The fourth-order valence-corrected chi connectivity index (χ4v) is 3.20. The number of carbonyl (C=O) groups excluding carboxylic acids is 3. The van der Waals surface area contributed by atoms with Gasteiger partial charge in [0.2, 0.25) is 11.8 Å². The number of imide groups is 1. The minimum atomic E-state index is -0.460. The first-order valence-corrected chi connectivity index (χ1v) is 8.25. The maximum atomic E-state index is 12.3. The molecule has 0 unspecified atom stereocenters. The topological polar surface area (TPSA) is 87.5 Å². The number of nitrogens with zero attached hydrogens (tertiary/aromatic N) is 2. The van der Waals surface area contributed by atoms with Gasteiger partial charge in [0.25, 0.3) is 0 Å². The fraction of sp³-hybridized carbons (Fsp3) is 0.368. The van der Waals surface area contributed by atoms with Gasteiger partial charge in [-0.3, -0.25) is 19.3 Å². The first-order valence-electron chi connectivity index (χ1n) is 8.25. The molecular weight excluding hydrogens is 320 g/mol. The average molecular weight is 338 g/mol. The molecule has 0 N–H and O–H groups in total. The summed E-state index contributed by atoms with van der Waals surface area (Å²) in [6.45, 7) is 0.165. The lowest BCUT2D eigenvalue weighted by Crippen LogP contribution is -2.33. The van der Waals surface area contributed by atoms with E-state index in [0.717, 1.165) is 5.56 Å². The van der Waals surface area contributed by atoms with Crippen LogP contribution in [0.25, 0.3) is 0 Å². The van der Waals surface area contributed by atoms with Gasteiger partial charge < -0.3 is 4.74 Å². The molecule has 0 bridgehead atoms. The molecule has 1 aliphatic carbocycles. The summed E-state index contributed by atoms with van der Waals surface area (Å²) >= 11 is 0. The lowest BCUT2D eigenvalue weighted by atomic mass is 9.85. The summed E-state index contributed by atoms with van der Waals surface area (Å²) in [6.07, 6.45) is 5.04. The highest BCUT2D eigenvalue weighted by Crippen LogP contribution is 2.34. The Hall–Kier alpha value is -2.94. The number of benzene rings is 1. The van der Waals surface area contributed by atoms with Crippen molar-refractivity contribution in [2.24, 2.45) is 11.8 Å². The van der Waals surface area contributed by atoms with Crippen molar-refractivity contribution < 1.29 is 19.1 Å². The van der Waals surface area contributed by atoms with E-state index in [1.807, 2.05) is 18.2 Å². The Balaban J connectivity index is 1.48. The Morgan fingerprint density at radius 1 is 1.12 bits per heavy atom. The predicted molar refractivity (Wildman–Crippen MR) is 87.6 cm³/mol. The molecule has 1 fully saturated rings. The van der Waals surface area contributed by atoms with Crippen LogP contribution in [-0.4, -0.2) is 29.2 Å². The van der Waals surface area contributed by atoms with Crippen molar-refractivity contribution >= 4 is 17.8 Å². The van der Waals surface area contributed by atoms with Crippen LogP contribution in [0, 0.1) is 23.2 Å². The van der Waals surface area contributed by atoms with Crippen molar-refractivity contribution in [3.05, 3.63) is 47.5 Å². The molecule has 0 spiro atoms. The molecule has 2 amide bonds. The molecule has 128 valence electrons. The van der Waals surface area contributed by atoms with Gasteiger partial charge in [-0.25, -0.2) is 0 Å². The summed E-state index contributed by atoms with van der Waals surface area (Å²) in [6, 6.07) is 8.76. The standard InChI is InChI=1S/C19H18N2O4/c20-11-13-5-7-14(8-6-13)12-25-17(22)9-10-21-18(23)15-3-1-2-4-16(15)19(21)24/h1-2,5-8,15-16H,3-4,9-10,12H2/t15-,16+. The largest absolute Gasteiger partial charge is 0.461 e. The highest BCUT2D eigenvalue weighted by atomic mass is 16.5. The second kappa shape index (κ2) is 7.31. The minimum absolute atomic E-state index is 0.0133. The summed E-state index contributed by atoms with van der Waals surface area (Å²) in [5.41, 5.74) is 1.31.